The van der Waals surface area contributed by atoms with Gasteiger partial charge in [0, 0.05) is 18.4 Å². The average molecular weight is 403 g/mol. The quantitative estimate of drug-likeness (QED) is 0.540. The van der Waals surface area contributed by atoms with Crippen LogP contribution in [0, 0.1) is 6.92 Å². The molecule has 0 unspecified atom stereocenters. The van der Waals surface area contributed by atoms with Gasteiger partial charge in [-0.15, -0.1) is 0 Å². The van der Waals surface area contributed by atoms with Gasteiger partial charge in [-0.05, 0) is 43.3 Å². The summed E-state index contributed by atoms with van der Waals surface area (Å²) < 4.78 is 40.7. The molecule has 0 aliphatic heterocycles. The fraction of sp³-hybridized carbons (Fsp3) is 0.300. The summed E-state index contributed by atoms with van der Waals surface area (Å²) in [7, 11) is -2.08. The molecule has 0 radical (unpaired) electrons. The predicted molar refractivity (Wildman–Crippen MR) is 103 cm³/mol. The SMILES string of the molecule is COc1ccc(-c2nc(CS(=O)(=O)CC(=O)CCc3ccco3)c(C)o2)cc1. The smallest absolute Gasteiger partial charge is 0.226 e. The van der Waals surface area contributed by atoms with Gasteiger partial charge in [-0.1, -0.05) is 0 Å². The molecule has 0 bridgehead atoms. The summed E-state index contributed by atoms with van der Waals surface area (Å²) >= 11 is 0. The Bertz CT molecular complexity index is 1030. The number of ether oxygens (including phenoxy) is 1. The molecule has 28 heavy (non-hydrogen) atoms. The van der Waals surface area contributed by atoms with E-state index in [1.54, 1.807) is 50.4 Å². The second-order valence-electron chi connectivity index (χ2n) is 6.40. The van der Waals surface area contributed by atoms with E-state index >= 15 is 0 Å². The van der Waals surface area contributed by atoms with Gasteiger partial charge in [-0.3, -0.25) is 4.79 Å². The Labute approximate surface area is 163 Å². The van der Waals surface area contributed by atoms with Crippen LogP contribution in [0.1, 0.15) is 23.6 Å². The lowest BCUT2D eigenvalue weighted by Gasteiger charge is -2.02. The van der Waals surface area contributed by atoms with Gasteiger partial charge in [0.2, 0.25) is 5.89 Å². The third kappa shape index (κ3) is 5.10. The number of oxazole rings is 1. The molecule has 3 rings (SSSR count). The number of methoxy groups -OCH3 is 1. The number of rotatable bonds is 9. The van der Waals surface area contributed by atoms with Gasteiger partial charge in [0.25, 0.3) is 0 Å². The number of aryl methyl sites for hydroxylation is 2. The van der Waals surface area contributed by atoms with Crippen LogP contribution < -0.4 is 4.74 Å². The molecule has 0 saturated heterocycles. The number of hydrogen-bond donors (Lipinski definition) is 0. The molecule has 3 aromatic rings. The van der Waals surface area contributed by atoms with E-state index < -0.39 is 15.6 Å². The first-order valence-corrected chi connectivity index (χ1v) is 10.5. The number of nitrogens with zero attached hydrogens (tertiary/aromatic N) is 1. The Morgan fingerprint density at radius 2 is 1.93 bits per heavy atom. The number of aromatic nitrogens is 1. The Hall–Kier alpha value is -2.87. The minimum atomic E-state index is -3.65. The predicted octanol–water partition coefficient (Wildman–Crippen LogP) is 3.37. The van der Waals surface area contributed by atoms with E-state index in [1.807, 2.05) is 0 Å². The van der Waals surface area contributed by atoms with Crippen molar-refractivity contribution in [2.24, 2.45) is 0 Å². The van der Waals surface area contributed by atoms with E-state index in [0.717, 1.165) is 0 Å². The lowest BCUT2D eigenvalue weighted by molar-refractivity contribution is -0.116. The molecule has 0 atom stereocenters. The number of benzene rings is 1. The molecule has 148 valence electrons. The normalized spacial score (nSPS) is 11.5. The molecular formula is C20H21NO6S. The lowest BCUT2D eigenvalue weighted by atomic mass is 10.2. The summed E-state index contributed by atoms with van der Waals surface area (Å²) in [4.78, 5) is 16.3. The molecule has 2 heterocycles. The Morgan fingerprint density at radius 3 is 2.57 bits per heavy atom. The zero-order chi connectivity index (χ0) is 20.1. The molecule has 2 aromatic heterocycles. The van der Waals surface area contributed by atoms with Crippen LogP contribution in [-0.2, 0) is 26.8 Å². The lowest BCUT2D eigenvalue weighted by Crippen LogP contribution is -2.18. The van der Waals surface area contributed by atoms with E-state index in [4.69, 9.17) is 13.6 Å². The Kier molecular flexibility index (Phi) is 5.99. The van der Waals surface area contributed by atoms with E-state index in [9.17, 15) is 13.2 Å². The molecule has 1 aromatic carbocycles. The summed E-state index contributed by atoms with van der Waals surface area (Å²) in [5, 5.41) is 0. The molecule has 7 nitrogen and oxygen atoms in total. The zero-order valence-corrected chi connectivity index (χ0v) is 16.5. The zero-order valence-electron chi connectivity index (χ0n) is 15.7. The summed E-state index contributed by atoms with van der Waals surface area (Å²) in [6.45, 7) is 1.66. The highest BCUT2D eigenvalue weighted by Crippen LogP contribution is 2.25. The van der Waals surface area contributed by atoms with Crippen molar-refractivity contribution in [3.63, 3.8) is 0 Å². The highest BCUT2D eigenvalue weighted by molar-refractivity contribution is 7.91. The third-order valence-electron chi connectivity index (χ3n) is 4.20. The van der Waals surface area contributed by atoms with Gasteiger partial charge >= 0.3 is 0 Å². The Balaban J connectivity index is 1.64. The maximum atomic E-state index is 12.4. The maximum absolute atomic E-state index is 12.4. The number of sulfone groups is 1. The van der Waals surface area contributed by atoms with E-state index in [1.165, 1.54) is 6.26 Å². The summed E-state index contributed by atoms with van der Waals surface area (Å²) in [5.41, 5.74) is 1.02. The van der Waals surface area contributed by atoms with Crippen molar-refractivity contribution < 1.29 is 26.8 Å². The topological polar surface area (TPSA) is 99.6 Å². The standard InChI is InChI=1S/C20H21NO6S/c1-14-19(21-20(27-14)15-5-8-17(25-2)9-6-15)13-28(23,24)12-16(22)7-10-18-4-3-11-26-18/h3-6,8-9,11H,7,10,12-13H2,1-2H3. The minimum Gasteiger partial charge on any atom is -0.497 e. The van der Waals surface area contributed by atoms with E-state index in [2.05, 4.69) is 4.98 Å². The van der Waals surface area contributed by atoms with E-state index in [-0.39, 0.29) is 18.0 Å². The number of ketones is 1. The van der Waals surface area contributed by atoms with Crippen molar-refractivity contribution in [3.8, 4) is 17.2 Å². The van der Waals surface area contributed by atoms with Gasteiger partial charge in [0.05, 0.1) is 24.8 Å². The van der Waals surface area contributed by atoms with Crippen LogP contribution in [0.3, 0.4) is 0 Å². The molecular weight excluding hydrogens is 382 g/mol. The van der Waals surface area contributed by atoms with Crippen molar-refractivity contribution in [2.45, 2.75) is 25.5 Å². The number of Topliss-reactive ketones (excluding diaryl/α,β-unsaturated/α-hetero) is 1. The molecule has 0 aliphatic carbocycles. The van der Waals surface area contributed by atoms with Crippen LogP contribution in [0.2, 0.25) is 0 Å². The van der Waals surface area contributed by atoms with Gasteiger partial charge in [0.15, 0.2) is 9.84 Å². The van der Waals surface area contributed by atoms with Crippen molar-refractivity contribution in [1.29, 1.82) is 0 Å². The molecule has 0 amide bonds. The summed E-state index contributed by atoms with van der Waals surface area (Å²) in [6.07, 6.45) is 2.01. The van der Waals surface area contributed by atoms with Gasteiger partial charge in [-0.2, -0.15) is 0 Å². The largest absolute Gasteiger partial charge is 0.497 e. The minimum absolute atomic E-state index is 0.113. The molecule has 0 saturated carbocycles. The van der Waals surface area contributed by atoms with Crippen LogP contribution in [0.15, 0.2) is 51.5 Å². The van der Waals surface area contributed by atoms with Crippen LogP contribution in [0.25, 0.3) is 11.5 Å². The van der Waals surface area contributed by atoms with Gasteiger partial charge in [0.1, 0.15) is 28.8 Å². The monoisotopic (exact) mass is 403 g/mol. The van der Waals surface area contributed by atoms with Gasteiger partial charge in [-0.25, -0.2) is 13.4 Å². The third-order valence-corrected chi connectivity index (χ3v) is 5.67. The first-order chi connectivity index (χ1) is 13.4. The number of hydrogen-bond acceptors (Lipinski definition) is 7. The van der Waals surface area contributed by atoms with Crippen molar-refractivity contribution in [3.05, 3.63) is 59.9 Å². The first kappa shape index (κ1) is 19.9. The fourth-order valence-corrected chi connectivity index (χ4v) is 4.13. The van der Waals surface area contributed by atoms with Crippen molar-refractivity contribution in [2.75, 3.05) is 12.9 Å². The molecule has 0 N–H and O–H groups in total. The van der Waals surface area contributed by atoms with Crippen LogP contribution >= 0.6 is 0 Å². The van der Waals surface area contributed by atoms with Gasteiger partial charge < -0.3 is 13.6 Å². The van der Waals surface area contributed by atoms with Crippen LogP contribution in [0.4, 0.5) is 0 Å². The van der Waals surface area contributed by atoms with Crippen LogP contribution in [-0.4, -0.2) is 32.0 Å². The second-order valence-corrected chi connectivity index (χ2v) is 8.47. The molecule has 0 spiro atoms. The summed E-state index contributed by atoms with van der Waals surface area (Å²) in [6, 6.07) is 10.6. The fourth-order valence-electron chi connectivity index (χ4n) is 2.71. The Morgan fingerprint density at radius 1 is 1.18 bits per heavy atom. The van der Waals surface area contributed by atoms with E-state index in [0.29, 0.717) is 40.8 Å². The number of carbonyl (C=O) groups excluding carboxylic acids is 1. The number of furan rings is 1. The van der Waals surface area contributed by atoms with Crippen LogP contribution in [0.5, 0.6) is 5.75 Å². The molecule has 8 heteroatoms. The van der Waals surface area contributed by atoms with Crippen molar-refractivity contribution in [1.82, 2.24) is 4.98 Å². The highest BCUT2D eigenvalue weighted by atomic mass is 32.2. The molecule has 0 fully saturated rings. The second kappa shape index (κ2) is 8.43. The first-order valence-electron chi connectivity index (χ1n) is 8.71. The highest BCUT2D eigenvalue weighted by Gasteiger charge is 2.22. The summed E-state index contributed by atoms with van der Waals surface area (Å²) in [5.74, 6) is 0.869. The average Bonchev–Trinajstić information content (AvgIpc) is 3.30. The number of carbonyl (C=O) groups is 1. The maximum Gasteiger partial charge on any atom is 0.226 e. The van der Waals surface area contributed by atoms with Crippen molar-refractivity contribution >= 4 is 15.6 Å². The molecule has 0 aliphatic rings.